The first-order valence-corrected chi connectivity index (χ1v) is 13.4. The van der Waals surface area contributed by atoms with Crippen molar-refractivity contribution in [3.05, 3.63) is 41.5 Å². The Kier molecular flexibility index (Phi) is 6.85. The molecule has 1 aliphatic carbocycles. The van der Waals surface area contributed by atoms with Crippen LogP contribution < -0.4 is 4.74 Å². The Hall–Kier alpha value is -1.75. The van der Waals surface area contributed by atoms with Crippen molar-refractivity contribution >= 4 is 10.8 Å². The van der Waals surface area contributed by atoms with Crippen molar-refractivity contribution in [1.29, 1.82) is 0 Å². The zero-order valence-corrected chi connectivity index (χ0v) is 20.5. The van der Waals surface area contributed by atoms with Crippen LogP contribution in [0.4, 0.5) is 13.2 Å². The van der Waals surface area contributed by atoms with Crippen molar-refractivity contribution in [3.63, 3.8) is 0 Å². The lowest BCUT2D eigenvalue weighted by Crippen LogP contribution is -2.37. The van der Waals surface area contributed by atoms with E-state index in [0.29, 0.717) is 17.3 Å². The van der Waals surface area contributed by atoms with E-state index in [2.05, 4.69) is 18.7 Å². The number of hydrogen-bond donors (Lipinski definition) is 0. The standard InChI is InChI=1S/C29H38F3NO/c1-19-9-14-25(15-10-19)34-27-16-13-22-11-12-23(17-26(22)28(27)29(30,31)32)20(2)33-18-21-5-3-7-24(33)8-4-6-21/h11-13,16-17,19-21,24-25H,3-10,14-15,18H2,1-2H3. The van der Waals surface area contributed by atoms with Gasteiger partial charge < -0.3 is 4.74 Å². The Morgan fingerprint density at radius 3 is 2.26 bits per heavy atom. The Morgan fingerprint density at radius 2 is 1.59 bits per heavy atom. The third kappa shape index (κ3) is 4.96. The minimum absolute atomic E-state index is 0.00464. The first-order chi connectivity index (χ1) is 16.3. The molecule has 2 heterocycles. The number of benzene rings is 2. The largest absolute Gasteiger partial charge is 0.490 e. The van der Waals surface area contributed by atoms with E-state index in [1.165, 1.54) is 44.6 Å². The highest BCUT2D eigenvalue weighted by Crippen LogP contribution is 2.44. The maximum atomic E-state index is 14.4. The van der Waals surface area contributed by atoms with Crippen molar-refractivity contribution in [1.82, 2.24) is 4.90 Å². The third-order valence-corrected chi connectivity index (χ3v) is 8.76. The average molecular weight is 474 g/mol. The molecule has 3 aliphatic rings. The molecule has 2 saturated heterocycles. The van der Waals surface area contributed by atoms with Crippen LogP contribution in [0.5, 0.6) is 5.75 Å². The molecule has 2 nitrogen and oxygen atoms in total. The van der Waals surface area contributed by atoms with Crippen LogP contribution in [0.15, 0.2) is 30.3 Å². The molecule has 1 saturated carbocycles. The van der Waals surface area contributed by atoms with Gasteiger partial charge in [-0.2, -0.15) is 13.2 Å². The Bertz CT molecular complexity index is 985. The molecule has 2 aromatic rings. The van der Waals surface area contributed by atoms with Crippen molar-refractivity contribution in [2.45, 2.75) is 102 Å². The molecule has 1 unspecified atom stereocenters. The summed E-state index contributed by atoms with van der Waals surface area (Å²) < 4.78 is 49.3. The van der Waals surface area contributed by atoms with E-state index in [1.54, 1.807) is 12.1 Å². The van der Waals surface area contributed by atoms with Gasteiger partial charge in [0.15, 0.2) is 0 Å². The van der Waals surface area contributed by atoms with Gasteiger partial charge in [0.05, 0.1) is 6.10 Å². The molecule has 2 aliphatic heterocycles. The smallest absolute Gasteiger partial charge is 0.420 e. The lowest BCUT2D eigenvalue weighted by molar-refractivity contribution is -0.138. The fourth-order valence-electron chi connectivity index (χ4n) is 6.69. The Labute approximate surface area is 201 Å². The number of rotatable bonds is 4. The molecule has 0 spiro atoms. The van der Waals surface area contributed by atoms with Gasteiger partial charge in [-0.3, -0.25) is 4.90 Å². The summed E-state index contributed by atoms with van der Waals surface area (Å²) in [5.41, 5.74) is 0.376. The first kappa shape index (κ1) is 24.0. The van der Waals surface area contributed by atoms with E-state index < -0.39 is 11.7 Å². The van der Waals surface area contributed by atoms with Crippen molar-refractivity contribution < 1.29 is 17.9 Å². The lowest BCUT2D eigenvalue weighted by atomic mass is 9.89. The normalized spacial score (nSPS) is 29.6. The fourth-order valence-corrected chi connectivity index (χ4v) is 6.69. The van der Waals surface area contributed by atoms with Crippen LogP contribution in [0.25, 0.3) is 10.8 Å². The lowest BCUT2D eigenvalue weighted by Gasteiger charge is -2.35. The van der Waals surface area contributed by atoms with Crippen LogP contribution in [0.1, 0.15) is 95.2 Å². The van der Waals surface area contributed by atoms with E-state index in [9.17, 15) is 13.2 Å². The summed E-state index contributed by atoms with van der Waals surface area (Å²) in [6, 6.07) is 9.68. The second-order valence-corrected chi connectivity index (χ2v) is 11.2. The van der Waals surface area contributed by atoms with Gasteiger partial charge >= 0.3 is 6.18 Å². The highest BCUT2D eigenvalue weighted by Gasteiger charge is 2.38. The van der Waals surface area contributed by atoms with Crippen molar-refractivity contribution in [2.24, 2.45) is 11.8 Å². The van der Waals surface area contributed by atoms with E-state index >= 15 is 0 Å². The monoisotopic (exact) mass is 473 g/mol. The molecule has 1 atom stereocenters. The summed E-state index contributed by atoms with van der Waals surface area (Å²) in [5.74, 6) is 1.34. The molecular weight excluding hydrogens is 435 g/mol. The first-order valence-electron chi connectivity index (χ1n) is 13.4. The average Bonchev–Trinajstić information content (AvgIpc) is 3.12. The summed E-state index contributed by atoms with van der Waals surface area (Å²) in [7, 11) is 0. The van der Waals surface area contributed by atoms with Gasteiger partial charge in [-0.1, -0.05) is 38.0 Å². The summed E-state index contributed by atoms with van der Waals surface area (Å²) in [6.07, 6.45) is 6.62. The predicted molar refractivity (Wildman–Crippen MR) is 131 cm³/mol. The second kappa shape index (κ2) is 9.72. The zero-order chi connectivity index (χ0) is 23.9. The van der Waals surface area contributed by atoms with Gasteiger partial charge in [-0.05, 0) is 98.6 Å². The minimum atomic E-state index is -4.46. The highest BCUT2D eigenvalue weighted by atomic mass is 19.4. The number of fused-ring (bicyclic) bond motifs is 4. The number of ether oxygens (including phenoxy) is 1. The second-order valence-electron chi connectivity index (χ2n) is 11.2. The molecule has 0 aromatic heterocycles. The molecule has 0 radical (unpaired) electrons. The topological polar surface area (TPSA) is 12.5 Å². The van der Waals surface area contributed by atoms with Crippen LogP contribution in [-0.2, 0) is 6.18 Å². The number of halogens is 3. The van der Waals surface area contributed by atoms with Crippen LogP contribution in [-0.4, -0.2) is 23.6 Å². The van der Waals surface area contributed by atoms with Crippen LogP contribution in [0.2, 0.25) is 0 Å². The summed E-state index contributed by atoms with van der Waals surface area (Å²) in [4.78, 5) is 2.59. The van der Waals surface area contributed by atoms with Crippen LogP contribution >= 0.6 is 0 Å². The maximum Gasteiger partial charge on any atom is 0.420 e. The van der Waals surface area contributed by atoms with E-state index in [4.69, 9.17) is 4.74 Å². The van der Waals surface area contributed by atoms with E-state index in [0.717, 1.165) is 43.7 Å². The third-order valence-electron chi connectivity index (χ3n) is 8.76. The zero-order valence-electron chi connectivity index (χ0n) is 20.5. The Morgan fingerprint density at radius 1 is 0.912 bits per heavy atom. The van der Waals surface area contributed by atoms with Gasteiger partial charge in [0.25, 0.3) is 0 Å². The van der Waals surface area contributed by atoms with Gasteiger partial charge in [0.1, 0.15) is 11.3 Å². The van der Waals surface area contributed by atoms with Gasteiger partial charge in [-0.15, -0.1) is 0 Å². The molecule has 0 N–H and O–H groups in total. The van der Waals surface area contributed by atoms with E-state index in [-0.39, 0.29) is 23.3 Å². The molecule has 2 bridgehead atoms. The number of nitrogens with zero attached hydrogens (tertiary/aromatic N) is 1. The molecule has 5 rings (SSSR count). The molecular formula is C29H38F3NO. The molecule has 5 heteroatoms. The highest BCUT2D eigenvalue weighted by molar-refractivity contribution is 5.89. The van der Waals surface area contributed by atoms with Gasteiger partial charge in [0, 0.05) is 18.6 Å². The summed E-state index contributed by atoms with van der Waals surface area (Å²) in [6.45, 7) is 5.45. The van der Waals surface area contributed by atoms with Crippen LogP contribution in [0.3, 0.4) is 0 Å². The summed E-state index contributed by atoms with van der Waals surface area (Å²) in [5, 5.41) is 0.902. The number of hydrogen-bond acceptors (Lipinski definition) is 2. The van der Waals surface area contributed by atoms with Crippen molar-refractivity contribution in [2.75, 3.05) is 6.54 Å². The molecule has 0 amide bonds. The SMILES string of the molecule is CC1CCC(Oc2ccc3ccc(C(C)N4CC5CCCC4CCC5)cc3c2C(F)(F)F)CC1. The molecule has 3 fully saturated rings. The minimum Gasteiger partial charge on any atom is -0.490 e. The van der Waals surface area contributed by atoms with Crippen LogP contribution in [0, 0.1) is 11.8 Å². The molecule has 2 aromatic carbocycles. The quantitative estimate of drug-likeness (QED) is 0.441. The maximum absolute atomic E-state index is 14.4. The van der Waals surface area contributed by atoms with Crippen molar-refractivity contribution in [3.8, 4) is 5.75 Å². The predicted octanol–water partition coefficient (Wildman–Crippen LogP) is 8.53. The van der Waals surface area contributed by atoms with Gasteiger partial charge in [-0.25, -0.2) is 0 Å². The molecule has 186 valence electrons. The summed E-state index contributed by atoms with van der Waals surface area (Å²) >= 11 is 0. The molecule has 34 heavy (non-hydrogen) atoms. The Balaban J connectivity index is 1.49. The van der Waals surface area contributed by atoms with Gasteiger partial charge in [0.2, 0.25) is 0 Å². The fraction of sp³-hybridized carbons (Fsp3) is 0.655. The number of alkyl halides is 3. The van der Waals surface area contributed by atoms with E-state index in [1.807, 2.05) is 12.1 Å².